The summed E-state index contributed by atoms with van der Waals surface area (Å²) >= 11 is 1.61. The maximum atomic E-state index is 11.9. The zero-order valence-corrected chi connectivity index (χ0v) is 12.2. The lowest BCUT2D eigenvalue weighted by molar-refractivity contribution is -0.115. The number of carbonyl (C=O) groups excluding carboxylic acids is 1. The third-order valence-electron chi connectivity index (χ3n) is 3.29. The maximum Gasteiger partial charge on any atom is 0.229 e. The number of carbonyl (C=O) groups is 1. The highest BCUT2D eigenvalue weighted by molar-refractivity contribution is 7.10. The Hall–Kier alpha value is -1.61. The first-order valence-electron chi connectivity index (χ1n) is 6.61. The lowest BCUT2D eigenvalue weighted by Gasteiger charge is -2.10. The fourth-order valence-corrected chi connectivity index (χ4v) is 2.61. The molecule has 1 aromatic heterocycles. The van der Waals surface area contributed by atoms with Crippen molar-refractivity contribution >= 4 is 22.9 Å². The molecule has 0 bridgehead atoms. The Morgan fingerprint density at radius 2 is 2.00 bits per heavy atom. The molecule has 0 aliphatic rings. The van der Waals surface area contributed by atoms with Crippen molar-refractivity contribution in [2.24, 2.45) is 0 Å². The minimum absolute atomic E-state index is 0.0405. The minimum Gasteiger partial charge on any atom is -0.326 e. The van der Waals surface area contributed by atoms with Crippen LogP contribution in [-0.2, 0) is 11.2 Å². The van der Waals surface area contributed by atoms with E-state index in [1.165, 1.54) is 5.56 Å². The van der Waals surface area contributed by atoms with Crippen LogP contribution in [0.5, 0.6) is 0 Å². The molecule has 0 aliphatic carbocycles. The molecular formula is C16H19NOS. The highest BCUT2D eigenvalue weighted by atomic mass is 32.1. The van der Waals surface area contributed by atoms with E-state index < -0.39 is 0 Å². The molecule has 0 radical (unpaired) electrons. The van der Waals surface area contributed by atoms with Gasteiger partial charge in [0.2, 0.25) is 5.91 Å². The van der Waals surface area contributed by atoms with E-state index in [4.69, 9.17) is 0 Å². The standard InChI is InChI=1S/C16H19NOS/c1-3-12(2)13-6-8-14(9-7-13)17-16(18)11-15-5-4-10-19-15/h4-10,12H,3,11H2,1-2H3,(H,17,18)/t12-/m0/s1. The second-order valence-electron chi connectivity index (χ2n) is 4.74. The molecule has 0 unspecified atom stereocenters. The number of rotatable bonds is 5. The van der Waals surface area contributed by atoms with Crippen LogP contribution in [0.2, 0.25) is 0 Å². The molecule has 0 aliphatic heterocycles. The van der Waals surface area contributed by atoms with Crippen LogP contribution in [-0.4, -0.2) is 5.91 Å². The molecule has 100 valence electrons. The first-order chi connectivity index (χ1) is 9.19. The number of nitrogens with one attached hydrogen (secondary N) is 1. The predicted molar refractivity (Wildman–Crippen MR) is 81.8 cm³/mol. The van der Waals surface area contributed by atoms with E-state index in [2.05, 4.69) is 31.3 Å². The molecule has 0 saturated heterocycles. The van der Waals surface area contributed by atoms with E-state index in [-0.39, 0.29) is 5.91 Å². The molecule has 0 spiro atoms. The topological polar surface area (TPSA) is 29.1 Å². The van der Waals surface area contributed by atoms with Crippen LogP contribution >= 0.6 is 11.3 Å². The number of benzene rings is 1. The third kappa shape index (κ3) is 3.93. The lowest BCUT2D eigenvalue weighted by atomic mass is 9.99. The summed E-state index contributed by atoms with van der Waals surface area (Å²) in [4.78, 5) is 12.9. The second-order valence-corrected chi connectivity index (χ2v) is 5.77. The van der Waals surface area contributed by atoms with Crippen molar-refractivity contribution in [3.8, 4) is 0 Å². The number of amides is 1. The summed E-state index contributed by atoms with van der Waals surface area (Å²) in [6.45, 7) is 4.39. The Balaban J connectivity index is 1.94. The van der Waals surface area contributed by atoms with E-state index in [0.29, 0.717) is 12.3 Å². The highest BCUT2D eigenvalue weighted by Crippen LogP contribution is 2.20. The first-order valence-corrected chi connectivity index (χ1v) is 7.49. The quantitative estimate of drug-likeness (QED) is 0.857. The van der Waals surface area contributed by atoms with Gasteiger partial charge in [-0.05, 0) is 41.5 Å². The summed E-state index contributed by atoms with van der Waals surface area (Å²) in [7, 11) is 0. The fraction of sp³-hybridized carbons (Fsp3) is 0.312. The van der Waals surface area contributed by atoms with Gasteiger partial charge in [-0.3, -0.25) is 4.79 Å². The molecule has 1 atom stereocenters. The molecule has 2 rings (SSSR count). The Morgan fingerprint density at radius 3 is 2.58 bits per heavy atom. The van der Waals surface area contributed by atoms with Crippen molar-refractivity contribution in [1.29, 1.82) is 0 Å². The van der Waals surface area contributed by atoms with Gasteiger partial charge in [0.25, 0.3) is 0 Å². The molecule has 3 heteroatoms. The highest BCUT2D eigenvalue weighted by Gasteiger charge is 2.06. The van der Waals surface area contributed by atoms with Crippen molar-refractivity contribution < 1.29 is 4.79 Å². The summed E-state index contributed by atoms with van der Waals surface area (Å²) in [5.41, 5.74) is 2.19. The summed E-state index contributed by atoms with van der Waals surface area (Å²) < 4.78 is 0. The van der Waals surface area contributed by atoms with Gasteiger partial charge in [0, 0.05) is 10.6 Å². The molecule has 1 aromatic carbocycles. The molecule has 0 saturated carbocycles. The summed E-state index contributed by atoms with van der Waals surface area (Å²) in [6.07, 6.45) is 1.58. The maximum absolute atomic E-state index is 11.9. The predicted octanol–water partition coefficient (Wildman–Crippen LogP) is 4.44. The largest absolute Gasteiger partial charge is 0.326 e. The Morgan fingerprint density at radius 1 is 1.26 bits per heavy atom. The van der Waals surface area contributed by atoms with Gasteiger partial charge in [0.15, 0.2) is 0 Å². The average Bonchev–Trinajstić information content (AvgIpc) is 2.91. The third-order valence-corrected chi connectivity index (χ3v) is 4.17. The van der Waals surface area contributed by atoms with Gasteiger partial charge in [-0.25, -0.2) is 0 Å². The van der Waals surface area contributed by atoms with Crippen molar-refractivity contribution in [2.45, 2.75) is 32.6 Å². The summed E-state index contributed by atoms with van der Waals surface area (Å²) in [6, 6.07) is 12.1. The SMILES string of the molecule is CC[C@H](C)c1ccc(NC(=O)Cc2cccs2)cc1. The van der Waals surface area contributed by atoms with Crippen molar-refractivity contribution in [3.05, 3.63) is 52.2 Å². The van der Waals surface area contributed by atoms with Gasteiger partial charge in [0.05, 0.1) is 6.42 Å². The molecule has 2 nitrogen and oxygen atoms in total. The van der Waals surface area contributed by atoms with E-state index in [9.17, 15) is 4.79 Å². The average molecular weight is 273 g/mol. The van der Waals surface area contributed by atoms with E-state index in [1.54, 1.807) is 11.3 Å². The Kier molecular flexibility index (Phi) is 4.74. The fourth-order valence-electron chi connectivity index (χ4n) is 1.91. The van der Waals surface area contributed by atoms with E-state index in [1.807, 2.05) is 29.6 Å². The van der Waals surface area contributed by atoms with Gasteiger partial charge in [-0.1, -0.05) is 32.0 Å². The molecule has 0 fully saturated rings. The van der Waals surface area contributed by atoms with E-state index in [0.717, 1.165) is 17.0 Å². The normalized spacial score (nSPS) is 12.1. The number of thiophene rings is 1. The van der Waals surface area contributed by atoms with Gasteiger partial charge >= 0.3 is 0 Å². The minimum atomic E-state index is 0.0405. The van der Waals surface area contributed by atoms with Gasteiger partial charge in [0.1, 0.15) is 0 Å². The summed E-state index contributed by atoms with van der Waals surface area (Å²) in [5, 5.41) is 4.92. The van der Waals surface area contributed by atoms with Crippen molar-refractivity contribution in [1.82, 2.24) is 0 Å². The van der Waals surface area contributed by atoms with Crippen LogP contribution in [0, 0.1) is 0 Å². The van der Waals surface area contributed by atoms with Gasteiger partial charge in [-0.15, -0.1) is 11.3 Å². The lowest BCUT2D eigenvalue weighted by Crippen LogP contribution is -2.13. The molecule has 1 heterocycles. The Bertz CT molecular complexity index is 516. The number of hydrogen-bond donors (Lipinski definition) is 1. The molecule has 19 heavy (non-hydrogen) atoms. The van der Waals surface area contributed by atoms with E-state index >= 15 is 0 Å². The van der Waals surface area contributed by atoms with Crippen LogP contribution in [0.15, 0.2) is 41.8 Å². The number of anilines is 1. The summed E-state index contributed by atoms with van der Waals surface area (Å²) in [5.74, 6) is 0.606. The van der Waals surface area contributed by atoms with Crippen LogP contribution in [0.1, 0.15) is 36.6 Å². The van der Waals surface area contributed by atoms with Gasteiger partial charge < -0.3 is 5.32 Å². The monoisotopic (exact) mass is 273 g/mol. The smallest absolute Gasteiger partial charge is 0.229 e. The van der Waals surface area contributed by atoms with Crippen LogP contribution in [0.3, 0.4) is 0 Å². The second kappa shape index (κ2) is 6.53. The zero-order chi connectivity index (χ0) is 13.7. The Labute approximate surface area is 118 Å². The molecule has 1 N–H and O–H groups in total. The van der Waals surface area contributed by atoms with Crippen LogP contribution in [0.4, 0.5) is 5.69 Å². The van der Waals surface area contributed by atoms with Gasteiger partial charge in [-0.2, -0.15) is 0 Å². The van der Waals surface area contributed by atoms with Crippen LogP contribution in [0.25, 0.3) is 0 Å². The molecule has 2 aromatic rings. The van der Waals surface area contributed by atoms with Crippen molar-refractivity contribution in [2.75, 3.05) is 5.32 Å². The molecule has 1 amide bonds. The first kappa shape index (κ1) is 13.8. The van der Waals surface area contributed by atoms with Crippen LogP contribution < -0.4 is 5.32 Å². The molecular weight excluding hydrogens is 254 g/mol. The van der Waals surface area contributed by atoms with Crippen molar-refractivity contribution in [3.63, 3.8) is 0 Å². The number of hydrogen-bond acceptors (Lipinski definition) is 2. The zero-order valence-electron chi connectivity index (χ0n) is 11.3.